The maximum absolute atomic E-state index is 11.2. The van der Waals surface area contributed by atoms with Gasteiger partial charge in [-0.25, -0.2) is 4.79 Å². The molecule has 0 aromatic heterocycles. The summed E-state index contributed by atoms with van der Waals surface area (Å²) in [5.41, 5.74) is 0.481. The summed E-state index contributed by atoms with van der Waals surface area (Å²) in [6.45, 7) is 1.31. The van der Waals surface area contributed by atoms with E-state index in [-0.39, 0.29) is 11.3 Å². The Morgan fingerprint density at radius 1 is 1.35 bits per heavy atom. The van der Waals surface area contributed by atoms with Crippen molar-refractivity contribution >= 4 is 45.9 Å². The van der Waals surface area contributed by atoms with Gasteiger partial charge in [-0.2, -0.15) is 0 Å². The maximum Gasteiger partial charge on any atom is 0.337 e. The molecule has 0 aliphatic rings. The van der Waals surface area contributed by atoms with Crippen molar-refractivity contribution in [2.75, 3.05) is 0 Å². The van der Waals surface area contributed by atoms with Gasteiger partial charge in [-0.3, -0.25) is 4.79 Å². The normalized spacial score (nSPS) is 14.1. The quantitative estimate of drug-likeness (QED) is 0.632. The molecular weight excluding hydrogens is 358 g/mol. The number of halogens is 2. The molecule has 0 saturated carbocycles. The standard InChI is InChI=1S/C11H10ClIO4/c1-5(14)9(12)7-3-2-6(13)4-8(7)10(15)11(16)17/h2-4,9-10,15H,1H3,(H,16,17). The number of carbonyl (C=O) groups excluding carboxylic acids is 1. The van der Waals surface area contributed by atoms with E-state index in [2.05, 4.69) is 0 Å². The average molecular weight is 369 g/mol. The smallest absolute Gasteiger partial charge is 0.337 e. The molecule has 4 nitrogen and oxygen atoms in total. The molecule has 2 N–H and O–H groups in total. The Morgan fingerprint density at radius 3 is 2.41 bits per heavy atom. The summed E-state index contributed by atoms with van der Waals surface area (Å²) in [5, 5.41) is 17.4. The molecule has 0 heterocycles. The third-order valence-electron chi connectivity index (χ3n) is 2.21. The van der Waals surface area contributed by atoms with Crippen molar-refractivity contribution in [1.82, 2.24) is 0 Å². The van der Waals surface area contributed by atoms with E-state index in [0.717, 1.165) is 3.57 Å². The lowest BCUT2D eigenvalue weighted by Crippen LogP contribution is -2.15. The van der Waals surface area contributed by atoms with E-state index in [1.54, 1.807) is 12.1 Å². The molecule has 0 fully saturated rings. The largest absolute Gasteiger partial charge is 0.479 e. The molecule has 1 aromatic carbocycles. The van der Waals surface area contributed by atoms with Gasteiger partial charge in [0.05, 0.1) is 0 Å². The topological polar surface area (TPSA) is 74.6 Å². The minimum atomic E-state index is -1.68. The highest BCUT2D eigenvalue weighted by Crippen LogP contribution is 2.30. The molecule has 0 aliphatic heterocycles. The highest BCUT2D eigenvalue weighted by Gasteiger charge is 2.25. The van der Waals surface area contributed by atoms with Gasteiger partial charge in [0.25, 0.3) is 0 Å². The third kappa shape index (κ3) is 3.40. The highest BCUT2D eigenvalue weighted by atomic mass is 127. The molecular formula is C11H10ClIO4. The van der Waals surface area contributed by atoms with Crippen LogP contribution in [0.1, 0.15) is 29.5 Å². The van der Waals surface area contributed by atoms with Gasteiger partial charge in [0.15, 0.2) is 11.9 Å². The number of aliphatic carboxylic acids is 1. The van der Waals surface area contributed by atoms with E-state index in [1.165, 1.54) is 13.0 Å². The van der Waals surface area contributed by atoms with Crippen molar-refractivity contribution < 1.29 is 19.8 Å². The summed E-state index contributed by atoms with van der Waals surface area (Å²) >= 11 is 7.88. The number of Topliss-reactive ketones (excluding diaryl/α,β-unsaturated/α-hetero) is 1. The Hall–Kier alpha value is -0.660. The van der Waals surface area contributed by atoms with E-state index in [4.69, 9.17) is 16.7 Å². The summed E-state index contributed by atoms with van der Waals surface area (Å²) in [4.78, 5) is 22.0. The lowest BCUT2D eigenvalue weighted by atomic mass is 9.98. The summed E-state index contributed by atoms with van der Waals surface area (Å²) < 4.78 is 0.758. The van der Waals surface area contributed by atoms with Gasteiger partial charge in [0.1, 0.15) is 5.38 Å². The van der Waals surface area contributed by atoms with Crippen LogP contribution in [0.25, 0.3) is 0 Å². The van der Waals surface area contributed by atoms with E-state index < -0.39 is 17.5 Å². The van der Waals surface area contributed by atoms with Crippen LogP contribution in [-0.2, 0) is 9.59 Å². The fourth-order valence-electron chi connectivity index (χ4n) is 1.37. The van der Waals surface area contributed by atoms with Gasteiger partial charge >= 0.3 is 5.97 Å². The molecule has 17 heavy (non-hydrogen) atoms. The van der Waals surface area contributed by atoms with Gasteiger partial charge in [-0.05, 0) is 52.8 Å². The Balaban J connectivity index is 3.30. The van der Waals surface area contributed by atoms with Crippen molar-refractivity contribution in [1.29, 1.82) is 0 Å². The van der Waals surface area contributed by atoms with Crippen LogP contribution >= 0.6 is 34.2 Å². The Kier molecular flexibility index (Phi) is 4.91. The zero-order chi connectivity index (χ0) is 13.2. The number of aliphatic hydroxyl groups is 1. The molecule has 0 amide bonds. The summed E-state index contributed by atoms with van der Waals surface area (Å²) in [6.07, 6.45) is -1.68. The van der Waals surface area contributed by atoms with Crippen molar-refractivity contribution in [3.05, 3.63) is 32.9 Å². The second-order valence-electron chi connectivity index (χ2n) is 3.49. The number of ketones is 1. The zero-order valence-electron chi connectivity index (χ0n) is 8.85. The fraction of sp³-hybridized carbons (Fsp3) is 0.273. The molecule has 1 aromatic rings. The first-order valence-corrected chi connectivity index (χ1v) is 6.21. The number of alkyl halides is 1. The fourth-order valence-corrected chi connectivity index (χ4v) is 2.08. The van der Waals surface area contributed by atoms with Crippen LogP contribution in [-0.4, -0.2) is 22.0 Å². The van der Waals surface area contributed by atoms with Gasteiger partial charge in [0.2, 0.25) is 0 Å². The molecule has 0 saturated heterocycles. The molecule has 92 valence electrons. The summed E-state index contributed by atoms with van der Waals surface area (Å²) in [6, 6.07) is 4.77. The third-order valence-corrected chi connectivity index (χ3v) is 3.42. The van der Waals surface area contributed by atoms with E-state index in [0.29, 0.717) is 5.56 Å². The van der Waals surface area contributed by atoms with E-state index in [1.807, 2.05) is 22.6 Å². The molecule has 6 heteroatoms. The average Bonchev–Trinajstić information content (AvgIpc) is 2.26. The number of rotatable bonds is 4. The van der Waals surface area contributed by atoms with Gasteiger partial charge in [-0.15, -0.1) is 11.6 Å². The lowest BCUT2D eigenvalue weighted by molar-refractivity contribution is -0.147. The van der Waals surface area contributed by atoms with Gasteiger partial charge in [0, 0.05) is 3.57 Å². The van der Waals surface area contributed by atoms with Crippen molar-refractivity contribution in [2.24, 2.45) is 0 Å². The van der Waals surface area contributed by atoms with Crippen LogP contribution in [0, 0.1) is 3.57 Å². The number of aliphatic hydroxyl groups excluding tert-OH is 1. The minimum absolute atomic E-state index is 0.152. The zero-order valence-corrected chi connectivity index (χ0v) is 11.8. The number of hydrogen-bond acceptors (Lipinski definition) is 3. The van der Waals surface area contributed by atoms with E-state index >= 15 is 0 Å². The number of carboxylic acid groups (broad SMARTS) is 1. The Bertz CT molecular complexity index is 461. The molecule has 0 spiro atoms. The van der Waals surface area contributed by atoms with Crippen LogP contribution in [0.15, 0.2) is 18.2 Å². The first kappa shape index (κ1) is 14.4. The summed E-state index contributed by atoms with van der Waals surface area (Å²) in [7, 11) is 0. The van der Waals surface area contributed by atoms with Crippen LogP contribution in [0.4, 0.5) is 0 Å². The number of carboxylic acids is 1. The lowest BCUT2D eigenvalue weighted by Gasteiger charge is -2.15. The SMILES string of the molecule is CC(=O)C(Cl)c1ccc(I)cc1C(O)C(=O)O. The van der Waals surface area contributed by atoms with Crippen molar-refractivity contribution in [3.8, 4) is 0 Å². The van der Waals surface area contributed by atoms with Crippen LogP contribution in [0.5, 0.6) is 0 Å². The molecule has 0 radical (unpaired) electrons. The first-order chi connectivity index (χ1) is 7.84. The summed E-state index contributed by atoms with van der Waals surface area (Å²) in [5.74, 6) is -1.67. The van der Waals surface area contributed by atoms with Gasteiger partial charge < -0.3 is 10.2 Å². The van der Waals surface area contributed by atoms with Crippen molar-refractivity contribution in [2.45, 2.75) is 18.4 Å². The molecule has 2 unspecified atom stereocenters. The van der Waals surface area contributed by atoms with E-state index in [9.17, 15) is 14.7 Å². The second-order valence-corrected chi connectivity index (χ2v) is 5.17. The second kappa shape index (κ2) is 5.79. The predicted molar refractivity (Wildman–Crippen MR) is 71.0 cm³/mol. The predicted octanol–water partition coefficient (Wildman–Crippen LogP) is 2.28. The Morgan fingerprint density at radius 2 is 1.94 bits per heavy atom. The van der Waals surface area contributed by atoms with Crippen LogP contribution in [0.2, 0.25) is 0 Å². The van der Waals surface area contributed by atoms with Gasteiger partial charge in [-0.1, -0.05) is 6.07 Å². The highest BCUT2D eigenvalue weighted by molar-refractivity contribution is 14.1. The monoisotopic (exact) mass is 368 g/mol. The molecule has 0 bridgehead atoms. The van der Waals surface area contributed by atoms with Crippen LogP contribution < -0.4 is 0 Å². The first-order valence-electron chi connectivity index (χ1n) is 4.69. The Labute approximate surface area is 117 Å². The van der Waals surface area contributed by atoms with Crippen LogP contribution in [0.3, 0.4) is 0 Å². The molecule has 0 aliphatic carbocycles. The number of carbonyl (C=O) groups is 2. The number of benzene rings is 1. The maximum atomic E-state index is 11.2. The minimum Gasteiger partial charge on any atom is -0.479 e. The number of hydrogen-bond donors (Lipinski definition) is 2. The van der Waals surface area contributed by atoms with Crippen molar-refractivity contribution in [3.63, 3.8) is 0 Å². The molecule has 2 atom stereocenters. The molecule has 1 rings (SSSR count).